The maximum Gasteiger partial charge on any atom is 0.255 e. The molecule has 2 unspecified atom stereocenters. The molecule has 0 aliphatic carbocycles. The molecule has 21 heavy (non-hydrogen) atoms. The third kappa shape index (κ3) is 3.16. The maximum atomic E-state index is 12.2. The van der Waals surface area contributed by atoms with Crippen molar-refractivity contribution in [3.8, 4) is 0 Å². The summed E-state index contributed by atoms with van der Waals surface area (Å²) in [5, 5.41) is 5.89. The van der Waals surface area contributed by atoms with Crippen LogP contribution in [-0.2, 0) is 4.74 Å². The summed E-state index contributed by atoms with van der Waals surface area (Å²) < 4.78 is 5.85. The van der Waals surface area contributed by atoms with Gasteiger partial charge in [0, 0.05) is 32.4 Å². The zero-order valence-corrected chi connectivity index (χ0v) is 12.3. The van der Waals surface area contributed by atoms with Gasteiger partial charge in [0.25, 0.3) is 5.91 Å². The molecule has 1 aromatic rings. The highest BCUT2D eigenvalue weighted by Crippen LogP contribution is 2.22. The van der Waals surface area contributed by atoms with Gasteiger partial charge < -0.3 is 15.4 Å². The Kier molecular flexibility index (Phi) is 4.36. The summed E-state index contributed by atoms with van der Waals surface area (Å²) in [6.07, 6.45) is 4.24. The highest BCUT2D eigenvalue weighted by molar-refractivity contribution is 5.98. The van der Waals surface area contributed by atoms with Gasteiger partial charge in [-0.15, -0.1) is 0 Å². The van der Waals surface area contributed by atoms with Gasteiger partial charge in [-0.1, -0.05) is 0 Å². The Morgan fingerprint density at radius 2 is 2.48 bits per heavy atom. The van der Waals surface area contributed by atoms with Crippen molar-refractivity contribution in [2.24, 2.45) is 0 Å². The molecule has 2 saturated heterocycles. The van der Waals surface area contributed by atoms with E-state index < -0.39 is 0 Å². The molecule has 3 rings (SSSR count). The zero-order valence-electron chi connectivity index (χ0n) is 12.3. The van der Waals surface area contributed by atoms with E-state index in [4.69, 9.17) is 4.74 Å². The van der Waals surface area contributed by atoms with Crippen LogP contribution in [0.5, 0.6) is 0 Å². The minimum absolute atomic E-state index is 0.0815. The van der Waals surface area contributed by atoms with E-state index in [0.29, 0.717) is 24.0 Å². The lowest BCUT2D eigenvalue weighted by Gasteiger charge is -2.35. The van der Waals surface area contributed by atoms with Crippen LogP contribution in [0.3, 0.4) is 0 Å². The monoisotopic (exact) mass is 290 g/mol. The Morgan fingerprint density at radius 3 is 3.33 bits per heavy atom. The van der Waals surface area contributed by atoms with Crippen LogP contribution in [0, 0.1) is 0 Å². The number of carbonyl (C=O) groups excluding carboxylic acids is 1. The fourth-order valence-corrected chi connectivity index (χ4v) is 3.10. The number of nitrogens with zero attached hydrogens (tertiary/aromatic N) is 2. The quantitative estimate of drug-likeness (QED) is 0.855. The number of morpholine rings is 1. The first kappa shape index (κ1) is 14.3. The Hall–Kier alpha value is -1.66. The number of ether oxygens (including phenoxy) is 1. The number of carbonyl (C=O) groups is 1. The third-order valence-corrected chi connectivity index (χ3v) is 4.24. The van der Waals surface area contributed by atoms with E-state index in [9.17, 15) is 4.79 Å². The molecule has 6 nitrogen and oxygen atoms in total. The van der Waals surface area contributed by atoms with E-state index in [1.54, 1.807) is 25.4 Å². The molecule has 3 heterocycles. The maximum absolute atomic E-state index is 12.2. The summed E-state index contributed by atoms with van der Waals surface area (Å²) in [6.45, 7) is 3.40. The molecule has 0 saturated carbocycles. The van der Waals surface area contributed by atoms with Gasteiger partial charge in [0.05, 0.1) is 18.3 Å². The normalized spacial score (nSPS) is 25.4. The van der Waals surface area contributed by atoms with Crippen LogP contribution in [-0.4, -0.2) is 61.2 Å². The van der Waals surface area contributed by atoms with Crippen molar-refractivity contribution in [3.05, 3.63) is 23.9 Å². The summed E-state index contributed by atoms with van der Waals surface area (Å²) in [5.74, 6) is 0.485. The number of amides is 1. The number of nitrogens with one attached hydrogen (secondary N) is 2. The van der Waals surface area contributed by atoms with Gasteiger partial charge in [0.1, 0.15) is 5.82 Å². The number of aromatic nitrogens is 1. The minimum Gasteiger partial charge on any atom is -0.373 e. The fourth-order valence-electron chi connectivity index (χ4n) is 3.10. The molecule has 2 aliphatic rings. The summed E-state index contributed by atoms with van der Waals surface area (Å²) in [5.41, 5.74) is 0.565. The molecular weight excluding hydrogens is 268 g/mol. The van der Waals surface area contributed by atoms with Crippen LogP contribution in [0.4, 0.5) is 5.82 Å². The van der Waals surface area contributed by atoms with Crippen LogP contribution in [0.25, 0.3) is 0 Å². The summed E-state index contributed by atoms with van der Waals surface area (Å²) in [4.78, 5) is 18.9. The molecule has 0 aromatic carbocycles. The molecule has 2 aliphatic heterocycles. The average molecular weight is 290 g/mol. The predicted octanol–water partition coefficient (Wildman–Crippen LogP) is 0.716. The molecule has 1 amide bonds. The lowest BCUT2D eigenvalue weighted by Crippen LogP contribution is -2.50. The van der Waals surface area contributed by atoms with Gasteiger partial charge in [-0.25, -0.2) is 4.98 Å². The Balaban J connectivity index is 1.54. The van der Waals surface area contributed by atoms with Crippen molar-refractivity contribution >= 4 is 11.7 Å². The molecule has 0 radical (unpaired) electrons. The first-order valence-corrected chi connectivity index (χ1v) is 7.54. The molecule has 114 valence electrons. The van der Waals surface area contributed by atoms with Gasteiger partial charge in [-0.05, 0) is 31.5 Å². The number of fused-ring (bicyclic) bond motifs is 1. The van der Waals surface area contributed by atoms with E-state index in [1.165, 1.54) is 12.8 Å². The van der Waals surface area contributed by atoms with Gasteiger partial charge in [-0.3, -0.25) is 9.69 Å². The second-order valence-corrected chi connectivity index (χ2v) is 5.61. The average Bonchev–Trinajstić information content (AvgIpc) is 3.00. The van der Waals surface area contributed by atoms with Gasteiger partial charge >= 0.3 is 0 Å². The molecule has 1 aromatic heterocycles. The SMILES string of the molecule is CNc1ncccc1C(=O)NCC1CN2CCCC2CO1. The number of rotatable bonds is 4. The minimum atomic E-state index is -0.111. The number of anilines is 1. The van der Waals surface area contributed by atoms with Gasteiger partial charge in [-0.2, -0.15) is 0 Å². The highest BCUT2D eigenvalue weighted by Gasteiger charge is 2.32. The van der Waals surface area contributed by atoms with Crippen molar-refractivity contribution in [1.82, 2.24) is 15.2 Å². The summed E-state index contributed by atoms with van der Waals surface area (Å²) >= 11 is 0. The molecule has 0 bridgehead atoms. The number of hydrogen-bond donors (Lipinski definition) is 2. The van der Waals surface area contributed by atoms with Crippen molar-refractivity contribution in [2.75, 3.05) is 38.6 Å². The number of hydrogen-bond acceptors (Lipinski definition) is 5. The van der Waals surface area contributed by atoms with E-state index in [-0.39, 0.29) is 12.0 Å². The smallest absolute Gasteiger partial charge is 0.255 e. The fraction of sp³-hybridized carbons (Fsp3) is 0.600. The van der Waals surface area contributed by atoms with Crippen molar-refractivity contribution in [1.29, 1.82) is 0 Å². The van der Waals surface area contributed by atoms with Crippen molar-refractivity contribution in [2.45, 2.75) is 25.0 Å². The Labute approximate surface area is 124 Å². The van der Waals surface area contributed by atoms with Crippen molar-refractivity contribution < 1.29 is 9.53 Å². The largest absolute Gasteiger partial charge is 0.373 e. The molecule has 2 N–H and O–H groups in total. The van der Waals surface area contributed by atoms with Crippen LogP contribution in [0.1, 0.15) is 23.2 Å². The van der Waals surface area contributed by atoms with E-state index in [2.05, 4.69) is 20.5 Å². The summed E-state index contributed by atoms with van der Waals surface area (Å²) in [7, 11) is 1.76. The first-order valence-electron chi connectivity index (χ1n) is 7.54. The molecule has 2 atom stereocenters. The second kappa shape index (κ2) is 6.41. The van der Waals surface area contributed by atoms with E-state index in [1.807, 2.05) is 0 Å². The Morgan fingerprint density at radius 1 is 1.57 bits per heavy atom. The first-order chi connectivity index (χ1) is 10.3. The molecule has 6 heteroatoms. The van der Waals surface area contributed by atoms with Crippen LogP contribution >= 0.6 is 0 Å². The molecule has 2 fully saturated rings. The molecule has 0 spiro atoms. The molecular formula is C15H22N4O2. The lowest BCUT2D eigenvalue weighted by atomic mass is 10.2. The number of pyridine rings is 1. The predicted molar refractivity (Wildman–Crippen MR) is 80.5 cm³/mol. The zero-order chi connectivity index (χ0) is 14.7. The second-order valence-electron chi connectivity index (χ2n) is 5.61. The van der Waals surface area contributed by atoms with Crippen LogP contribution in [0.2, 0.25) is 0 Å². The highest BCUT2D eigenvalue weighted by atomic mass is 16.5. The van der Waals surface area contributed by atoms with Gasteiger partial charge in [0.2, 0.25) is 0 Å². The standard InChI is InChI=1S/C15H22N4O2/c1-16-14-13(5-2-6-17-14)15(20)18-8-12-9-19-7-3-4-11(19)10-21-12/h2,5-6,11-12H,3-4,7-10H2,1H3,(H,16,17)(H,18,20). The lowest BCUT2D eigenvalue weighted by molar-refractivity contribution is -0.0461. The van der Waals surface area contributed by atoms with E-state index in [0.717, 1.165) is 19.7 Å². The Bertz CT molecular complexity index is 508. The van der Waals surface area contributed by atoms with Crippen LogP contribution in [0.15, 0.2) is 18.3 Å². The summed E-state index contributed by atoms with van der Waals surface area (Å²) in [6, 6.07) is 4.12. The van der Waals surface area contributed by atoms with Gasteiger partial charge in [0.15, 0.2) is 0 Å². The van der Waals surface area contributed by atoms with Crippen molar-refractivity contribution in [3.63, 3.8) is 0 Å². The van der Waals surface area contributed by atoms with E-state index >= 15 is 0 Å². The third-order valence-electron chi connectivity index (χ3n) is 4.24. The topological polar surface area (TPSA) is 66.5 Å². The van der Waals surface area contributed by atoms with Crippen LogP contribution < -0.4 is 10.6 Å².